The molecule has 3 aromatic rings. The number of amides is 2. The Morgan fingerprint density at radius 3 is 2.38 bits per heavy atom. The summed E-state index contributed by atoms with van der Waals surface area (Å²) in [6, 6.07) is 22.8. The minimum atomic E-state index is -0.844. The molecule has 2 N–H and O–H groups in total. The lowest BCUT2D eigenvalue weighted by Crippen LogP contribution is -2.37. The molecule has 2 amide bonds. The van der Waals surface area contributed by atoms with Gasteiger partial charge in [0.2, 0.25) is 0 Å². The number of aryl methyl sites for hydroxylation is 1. The van der Waals surface area contributed by atoms with Crippen molar-refractivity contribution < 1.29 is 19.1 Å². The van der Waals surface area contributed by atoms with Crippen LogP contribution >= 0.6 is 0 Å². The van der Waals surface area contributed by atoms with E-state index in [4.69, 9.17) is 9.47 Å². The maximum absolute atomic E-state index is 11.9. The van der Waals surface area contributed by atoms with Crippen LogP contribution in [0.3, 0.4) is 0 Å². The van der Waals surface area contributed by atoms with Crippen LogP contribution in [-0.4, -0.2) is 25.1 Å². The number of hydrogen-bond donors (Lipinski definition) is 2. The van der Waals surface area contributed by atoms with Crippen molar-refractivity contribution in [1.82, 2.24) is 10.7 Å². The molecule has 7 nitrogen and oxygen atoms in total. The number of hydrazone groups is 1. The number of ether oxygens (including phenoxy) is 2. The predicted molar refractivity (Wildman–Crippen MR) is 123 cm³/mol. The van der Waals surface area contributed by atoms with Crippen LogP contribution in [0.1, 0.15) is 22.3 Å². The van der Waals surface area contributed by atoms with Crippen LogP contribution in [0.2, 0.25) is 0 Å². The average Bonchev–Trinajstić information content (AvgIpc) is 2.83. The lowest BCUT2D eigenvalue weighted by molar-refractivity contribution is -0.139. The quantitative estimate of drug-likeness (QED) is 0.325. The van der Waals surface area contributed by atoms with Crippen molar-refractivity contribution in [3.05, 3.63) is 95.1 Å². The normalized spacial score (nSPS) is 10.6. The number of nitrogens with one attached hydrogen (secondary N) is 2. The fourth-order valence-corrected chi connectivity index (χ4v) is 2.80. The standard InChI is InChI=1S/C25H25N3O4/c1-18-8-10-19(11-9-18)15-26-24(29)25(30)28-27-16-21-12-13-22(23(14-21)31-2)32-17-20-6-4-3-5-7-20/h3-14,16H,15,17H2,1-2H3,(H,26,29)(H,28,30)/b27-16-. The molecule has 0 heterocycles. The first-order valence-corrected chi connectivity index (χ1v) is 10.1. The van der Waals surface area contributed by atoms with E-state index in [1.165, 1.54) is 6.21 Å². The molecule has 164 valence electrons. The molecule has 3 rings (SSSR count). The van der Waals surface area contributed by atoms with Gasteiger partial charge in [0.05, 0.1) is 13.3 Å². The van der Waals surface area contributed by atoms with E-state index in [9.17, 15) is 9.59 Å². The summed E-state index contributed by atoms with van der Waals surface area (Å²) in [5, 5.41) is 6.40. The Bertz CT molecular complexity index is 1080. The monoisotopic (exact) mass is 431 g/mol. The van der Waals surface area contributed by atoms with Gasteiger partial charge in [-0.05, 0) is 41.8 Å². The summed E-state index contributed by atoms with van der Waals surface area (Å²) in [5.74, 6) is -0.479. The SMILES string of the molecule is COc1cc(/C=N\NC(=O)C(=O)NCc2ccc(C)cc2)ccc1OCc1ccccc1. The summed E-state index contributed by atoms with van der Waals surface area (Å²) in [6.45, 7) is 2.66. The van der Waals surface area contributed by atoms with Crippen molar-refractivity contribution in [2.24, 2.45) is 5.10 Å². The van der Waals surface area contributed by atoms with Gasteiger partial charge in [-0.2, -0.15) is 5.10 Å². The van der Waals surface area contributed by atoms with Gasteiger partial charge in [0.15, 0.2) is 11.5 Å². The van der Waals surface area contributed by atoms with Crippen molar-refractivity contribution >= 4 is 18.0 Å². The number of hydrogen-bond acceptors (Lipinski definition) is 5. The third-order valence-corrected chi connectivity index (χ3v) is 4.58. The van der Waals surface area contributed by atoms with Crippen LogP contribution in [0.5, 0.6) is 11.5 Å². The van der Waals surface area contributed by atoms with Crippen molar-refractivity contribution in [2.45, 2.75) is 20.1 Å². The molecule has 0 aromatic heterocycles. The van der Waals surface area contributed by atoms with Gasteiger partial charge in [0, 0.05) is 6.54 Å². The highest BCUT2D eigenvalue weighted by atomic mass is 16.5. The largest absolute Gasteiger partial charge is 0.493 e. The van der Waals surface area contributed by atoms with E-state index in [0.717, 1.165) is 16.7 Å². The van der Waals surface area contributed by atoms with Crippen molar-refractivity contribution in [2.75, 3.05) is 7.11 Å². The fourth-order valence-electron chi connectivity index (χ4n) is 2.80. The Morgan fingerprint density at radius 2 is 1.66 bits per heavy atom. The van der Waals surface area contributed by atoms with Crippen LogP contribution in [0.25, 0.3) is 0 Å². The van der Waals surface area contributed by atoms with Gasteiger partial charge in [-0.3, -0.25) is 9.59 Å². The van der Waals surface area contributed by atoms with Gasteiger partial charge < -0.3 is 14.8 Å². The first-order valence-electron chi connectivity index (χ1n) is 10.1. The third kappa shape index (κ3) is 6.70. The Labute approximate surface area is 187 Å². The number of benzene rings is 3. The van der Waals surface area contributed by atoms with Crippen LogP contribution in [0, 0.1) is 6.92 Å². The second-order valence-corrected chi connectivity index (χ2v) is 7.05. The molecule has 0 aliphatic carbocycles. The molecule has 0 atom stereocenters. The van der Waals surface area contributed by atoms with Crippen LogP contribution in [0.4, 0.5) is 0 Å². The molecule has 0 unspecified atom stereocenters. The van der Waals surface area contributed by atoms with Gasteiger partial charge in [0.1, 0.15) is 6.61 Å². The first-order chi connectivity index (χ1) is 15.5. The smallest absolute Gasteiger partial charge is 0.329 e. The lowest BCUT2D eigenvalue weighted by atomic mass is 10.1. The molecule has 0 bridgehead atoms. The van der Waals surface area contributed by atoms with E-state index in [2.05, 4.69) is 15.8 Å². The van der Waals surface area contributed by atoms with Gasteiger partial charge in [-0.25, -0.2) is 5.43 Å². The van der Waals surface area contributed by atoms with Crippen LogP contribution < -0.4 is 20.2 Å². The zero-order chi connectivity index (χ0) is 22.8. The maximum atomic E-state index is 11.9. The highest BCUT2D eigenvalue weighted by molar-refractivity contribution is 6.35. The van der Waals surface area contributed by atoms with Crippen molar-refractivity contribution in [3.63, 3.8) is 0 Å². The summed E-state index contributed by atoms with van der Waals surface area (Å²) in [4.78, 5) is 23.9. The van der Waals surface area contributed by atoms with E-state index in [-0.39, 0.29) is 6.54 Å². The molecule has 0 aliphatic heterocycles. The molecule has 0 saturated heterocycles. The molecule has 0 aliphatic rings. The summed E-state index contributed by atoms with van der Waals surface area (Å²) in [7, 11) is 1.55. The molecule has 0 saturated carbocycles. The van der Waals surface area contributed by atoms with Crippen LogP contribution in [-0.2, 0) is 22.7 Å². The Morgan fingerprint density at radius 1 is 0.906 bits per heavy atom. The topological polar surface area (TPSA) is 89.0 Å². The van der Waals surface area contributed by atoms with Gasteiger partial charge in [-0.1, -0.05) is 60.2 Å². The first kappa shape index (κ1) is 22.6. The summed E-state index contributed by atoms with van der Waals surface area (Å²) >= 11 is 0. The molecule has 3 aromatic carbocycles. The molecule has 0 radical (unpaired) electrons. The van der Waals surface area contributed by atoms with Gasteiger partial charge in [0.25, 0.3) is 0 Å². The van der Waals surface area contributed by atoms with E-state index in [1.807, 2.05) is 61.5 Å². The molecule has 0 fully saturated rings. The molecular formula is C25H25N3O4. The summed E-state index contributed by atoms with van der Waals surface area (Å²) < 4.78 is 11.2. The number of carbonyl (C=O) groups excluding carboxylic acids is 2. The molecule has 32 heavy (non-hydrogen) atoms. The Hall–Kier alpha value is -4.13. The number of carbonyl (C=O) groups is 2. The van der Waals surface area contributed by atoms with Gasteiger partial charge >= 0.3 is 11.8 Å². The highest BCUT2D eigenvalue weighted by Crippen LogP contribution is 2.28. The minimum absolute atomic E-state index is 0.262. The number of rotatable bonds is 8. The number of methoxy groups -OCH3 is 1. The minimum Gasteiger partial charge on any atom is -0.493 e. The molecular weight excluding hydrogens is 406 g/mol. The third-order valence-electron chi connectivity index (χ3n) is 4.58. The second kappa shape index (κ2) is 11.3. The zero-order valence-corrected chi connectivity index (χ0v) is 18.0. The summed E-state index contributed by atoms with van der Waals surface area (Å²) in [5.41, 5.74) is 5.97. The molecule has 0 spiro atoms. The Balaban J connectivity index is 1.50. The summed E-state index contributed by atoms with van der Waals surface area (Å²) in [6.07, 6.45) is 1.43. The Kier molecular flexibility index (Phi) is 7.97. The van der Waals surface area contributed by atoms with E-state index >= 15 is 0 Å². The van der Waals surface area contributed by atoms with Crippen LogP contribution in [0.15, 0.2) is 77.9 Å². The zero-order valence-electron chi connectivity index (χ0n) is 18.0. The molecule has 7 heteroatoms. The fraction of sp³-hybridized carbons (Fsp3) is 0.160. The lowest BCUT2D eigenvalue weighted by Gasteiger charge is -2.11. The van der Waals surface area contributed by atoms with E-state index in [0.29, 0.717) is 23.7 Å². The average molecular weight is 431 g/mol. The van der Waals surface area contributed by atoms with Crippen molar-refractivity contribution in [1.29, 1.82) is 0 Å². The maximum Gasteiger partial charge on any atom is 0.329 e. The highest BCUT2D eigenvalue weighted by Gasteiger charge is 2.12. The van der Waals surface area contributed by atoms with Gasteiger partial charge in [-0.15, -0.1) is 0 Å². The van der Waals surface area contributed by atoms with E-state index in [1.54, 1.807) is 25.3 Å². The second-order valence-electron chi connectivity index (χ2n) is 7.05. The van der Waals surface area contributed by atoms with E-state index < -0.39 is 11.8 Å². The predicted octanol–water partition coefficient (Wildman–Crippen LogP) is 3.35. The van der Waals surface area contributed by atoms with Crippen molar-refractivity contribution in [3.8, 4) is 11.5 Å². The number of nitrogens with zero attached hydrogens (tertiary/aromatic N) is 1.